The van der Waals surface area contributed by atoms with E-state index in [1.807, 2.05) is 43.6 Å². The number of nitrogens with zero attached hydrogens (tertiary/aromatic N) is 4. The maximum atomic E-state index is 9.30. The zero-order valence-electron chi connectivity index (χ0n) is 11.5. The molecule has 0 amide bonds. The molecule has 0 atom stereocenters. The van der Waals surface area contributed by atoms with Crippen molar-refractivity contribution in [1.29, 1.82) is 5.26 Å². The van der Waals surface area contributed by atoms with Gasteiger partial charge in [0.15, 0.2) is 0 Å². The average molecular weight is 322 g/mol. The average Bonchev–Trinajstić information content (AvgIpc) is 2.99. The standard InChI is InChI=1S/C13H14N4S3/c1-9-15-10(7-18-9)8-19-13-11(6-14)12(20-16-13)4-5-17(2)3/h4-5,7H,8H2,1-3H3. The van der Waals surface area contributed by atoms with Crippen LogP contribution < -0.4 is 0 Å². The van der Waals surface area contributed by atoms with E-state index in [2.05, 4.69) is 15.4 Å². The van der Waals surface area contributed by atoms with E-state index in [0.29, 0.717) is 5.56 Å². The van der Waals surface area contributed by atoms with Gasteiger partial charge in [0.05, 0.1) is 15.6 Å². The molecule has 2 heterocycles. The van der Waals surface area contributed by atoms with Gasteiger partial charge in [-0.15, -0.1) is 11.3 Å². The molecule has 0 radical (unpaired) electrons. The molecule has 0 aromatic carbocycles. The highest BCUT2D eigenvalue weighted by atomic mass is 32.2. The zero-order valence-corrected chi connectivity index (χ0v) is 13.9. The van der Waals surface area contributed by atoms with Crippen molar-refractivity contribution in [2.24, 2.45) is 0 Å². The van der Waals surface area contributed by atoms with Gasteiger partial charge in [-0.2, -0.15) is 9.64 Å². The second kappa shape index (κ2) is 6.88. The predicted octanol–water partition coefficient (Wildman–Crippen LogP) is 3.60. The zero-order chi connectivity index (χ0) is 14.5. The normalized spacial score (nSPS) is 10.9. The van der Waals surface area contributed by atoms with Gasteiger partial charge in [0.1, 0.15) is 16.7 Å². The number of aryl methyl sites for hydroxylation is 1. The lowest BCUT2D eigenvalue weighted by Crippen LogP contribution is -1.99. The predicted molar refractivity (Wildman–Crippen MR) is 86.0 cm³/mol. The van der Waals surface area contributed by atoms with Gasteiger partial charge in [0.2, 0.25) is 0 Å². The first kappa shape index (κ1) is 15.0. The number of hydrogen-bond acceptors (Lipinski definition) is 7. The van der Waals surface area contributed by atoms with Crippen LogP contribution in [0.1, 0.15) is 21.1 Å². The summed E-state index contributed by atoms with van der Waals surface area (Å²) in [6, 6.07) is 2.25. The Labute approximate surface area is 130 Å². The minimum absolute atomic E-state index is 0.657. The van der Waals surface area contributed by atoms with Crippen LogP contribution in [0.5, 0.6) is 0 Å². The van der Waals surface area contributed by atoms with Crippen molar-refractivity contribution >= 4 is 40.7 Å². The van der Waals surface area contributed by atoms with E-state index < -0.39 is 0 Å². The monoisotopic (exact) mass is 322 g/mol. The Kier molecular flexibility index (Phi) is 5.17. The summed E-state index contributed by atoms with van der Waals surface area (Å²) in [4.78, 5) is 7.25. The second-order valence-corrected chi connectivity index (χ2v) is 7.10. The molecule has 0 aliphatic rings. The fourth-order valence-electron chi connectivity index (χ4n) is 1.44. The first-order valence-electron chi connectivity index (χ1n) is 5.88. The molecule has 0 bridgehead atoms. The highest BCUT2D eigenvalue weighted by Crippen LogP contribution is 2.30. The Bertz CT molecular complexity index is 649. The molecular formula is C13H14N4S3. The fourth-order valence-corrected chi connectivity index (χ4v) is 3.90. The van der Waals surface area contributed by atoms with E-state index >= 15 is 0 Å². The van der Waals surface area contributed by atoms with E-state index in [1.165, 1.54) is 11.5 Å². The number of nitriles is 1. The minimum atomic E-state index is 0.657. The molecule has 0 aliphatic carbocycles. The van der Waals surface area contributed by atoms with Gasteiger partial charge in [0.25, 0.3) is 0 Å². The third-order valence-corrected chi connectivity index (χ3v) is 5.10. The lowest BCUT2D eigenvalue weighted by molar-refractivity contribution is 0.567. The van der Waals surface area contributed by atoms with Crippen LogP contribution >= 0.6 is 34.6 Å². The molecule has 0 fully saturated rings. The van der Waals surface area contributed by atoms with Crippen molar-refractivity contribution in [2.45, 2.75) is 17.7 Å². The van der Waals surface area contributed by atoms with Crippen molar-refractivity contribution in [1.82, 2.24) is 14.3 Å². The van der Waals surface area contributed by atoms with E-state index in [-0.39, 0.29) is 0 Å². The maximum absolute atomic E-state index is 9.30. The van der Waals surface area contributed by atoms with Crippen LogP contribution in [-0.4, -0.2) is 28.4 Å². The smallest absolute Gasteiger partial charge is 0.129 e. The first-order valence-corrected chi connectivity index (χ1v) is 8.52. The van der Waals surface area contributed by atoms with Crippen LogP contribution in [0.2, 0.25) is 0 Å². The van der Waals surface area contributed by atoms with Crippen molar-refractivity contribution in [2.75, 3.05) is 14.1 Å². The molecule has 0 spiro atoms. The molecule has 2 rings (SSSR count). The van der Waals surface area contributed by atoms with E-state index in [1.54, 1.807) is 23.1 Å². The molecule has 0 aliphatic heterocycles. The fraction of sp³-hybridized carbons (Fsp3) is 0.308. The molecule has 2 aromatic heterocycles. The van der Waals surface area contributed by atoms with E-state index in [4.69, 9.17) is 0 Å². The Balaban J connectivity index is 2.11. The van der Waals surface area contributed by atoms with E-state index in [9.17, 15) is 5.26 Å². The topological polar surface area (TPSA) is 52.8 Å². The highest BCUT2D eigenvalue weighted by molar-refractivity contribution is 7.98. The summed E-state index contributed by atoms with van der Waals surface area (Å²) in [6.45, 7) is 1.99. The van der Waals surface area contributed by atoms with Crippen molar-refractivity contribution in [3.8, 4) is 6.07 Å². The van der Waals surface area contributed by atoms with Gasteiger partial charge in [-0.25, -0.2) is 4.98 Å². The Morgan fingerprint density at radius 2 is 2.30 bits per heavy atom. The van der Waals surface area contributed by atoms with Crippen LogP contribution in [0.25, 0.3) is 6.08 Å². The van der Waals surface area contributed by atoms with Crippen LogP contribution in [0, 0.1) is 18.3 Å². The molecule has 4 nitrogen and oxygen atoms in total. The number of rotatable bonds is 5. The van der Waals surface area contributed by atoms with Crippen molar-refractivity contribution in [3.05, 3.63) is 32.7 Å². The summed E-state index contributed by atoms with van der Waals surface area (Å²) >= 11 is 4.57. The lowest BCUT2D eigenvalue weighted by Gasteiger charge is -2.01. The summed E-state index contributed by atoms with van der Waals surface area (Å²) in [5, 5.41) is 13.2. The third kappa shape index (κ3) is 3.82. The van der Waals surface area contributed by atoms with Crippen LogP contribution in [0.4, 0.5) is 0 Å². The first-order chi connectivity index (χ1) is 9.60. The molecule has 0 unspecified atom stereocenters. The number of thiazole rings is 1. The molecule has 7 heteroatoms. The molecule has 104 valence electrons. The second-order valence-electron chi connectivity index (χ2n) is 4.26. The number of hydrogen-bond donors (Lipinski definition) is 0. The molecule has 0 N–H and O–H groups in total. The minimum Gasteiger partial charge on any atom is -0.383 e. The van der Waals surface area contributed by atoms with Gasteiger partial charge in [0, 0.05) is 31.4 Å². The quantitative estimate of drug-likeness (QED) is 0.787. The molecule has 20 heavy (non-hydrogen) atoms. The summed E-state index contributed by atoms with van der Waals surface area (Å²) in [5.74, 6) is 0.750. The number of aromatic nitrogens is 2. The van der Waals surface area contributed by atoms with Crippen molar-refractivity contribution < 1.29 is 0 Å². The maximum Gasteiger partial charge on any atom is 0.129 e. The molecule has 2 aromatic rings. The van der Waals surface area contributed by atoms with Crippen LogP contribution in [0.3, 0.4) is 0 Å². The summed E-state index contributed by atoms with van der Waals surface area (Å²) in [6.07, 6.45) is 3.85. The van der Waals surface area contributed by atoms with Gasteiger partial charge < -0.3 is 4.90 Å². The molecular weight excluding hydrogens is 308 g/mol. The summed E-state index contributed by atoms with van der Waals surface area (Å²) < 4.78 is 4.37. The van der Waals surface area contributed by atoms with Gasteiger partial charge in [-0.1, -0.05) is 11.8 Å². The lowest BCUT2D eigenvalue weighted by atomic mass is 10.3. The summed E-state index contributed by atoms with van der Waals surface area (Å²) in [5.41, 5.74) is 1.70. The van der Waals surface area contributed by atoms with Gasteiger partial charge in [-0.3, -0.25) is 0 Å². The molecule has 0 saturated heterocycles. The van der Waals surface area contributed by atoms with E-state index in [0.717, 1.165) is 26.4 Å². The Hall–Kier alpha value is -1.36. The molecule has 0 saturated carbocycles. The number of thioether (sulfide) groups is 1. The van der Waals surface area contributed by atoms with Gasteiger partial charge >= 0.3 is 0 Å². The largest absolute Gasteiger partial charge is 0.383 e. The van der Waals surface area contributed by atoms with Crippen molar-refractivity contribution in [3.63, 3.8) is 0 Å². The Morgan fingerprint density at radius 1 is 1.50 bits per heavy atom. The highest BCUT2D eigenvalue weighted by Gasteiger charge is 2.13. The van der Waals surface area contributed by atoms with Gasteiger partial charge in [-0.05, 0) is 24.5 Å². The van der Waals surface area contributed by atoms with Crippen LogP contribution in [-0.2, 0) is 5.75 Å². The SMILES string of the molecule is Cc1nc(CSc2nsc(C=CN(C)C)c2C#N)cs1. The van der Waals surface area contributed by atoms with Crippen LogP contribution in [0.15, 0.2) is 16.6 Å². The Morgan fingerprint density at radius 3 is 2.90 bits per heavy atom. The summed E-state index contributed by atoms with van der Waals surface area (Å²) in [7, 11) is 3.90. The third-order valence-electron chi connectivity index (χ3n) is 2.35.